The van der Waals surface area contributed by atoms with E-state index in [1.165, 1.54) is 36.5 Å². The summed E-state index contributed by atoms with van der Waals surface area (Å²) >= 11 is 0. The minimum atomic E-state index is -0.294. The van der Waals surface area contributed by atoms with Gasteiger partial charge >= 0.3 is 5.97 Å². The summed E-state index contributed by atoms with van der Waals surface area (Å²) in [5.41, 5.74) is 4.34. The average molecular weight is 288 g/mol. The SMILES string of the molecule is CCOC(=O)\C=C/C=C(C)/C=C/C1=C(C)CCCC1(C)C. The second-order valence-corrected chi connectivity index (χ2v) is 6.29. The normalized spacial score (nSPS) is 19.6. The standard InChI is InChI=1S/C19H28O2/c1-6-21-18(20)11-7-9-15(2)12-13-17-16(3)10-8-14-19(17,4)5/h7,9,11-13H,6,8,10,14H2,1-5H3/b11-7-,13-12+,15-9+. The molecule has 1 aliphatic rings. The lowest BCUT2D eigenvalue weighted by Gasteiger charge is -2.32. The van der Waals surface area contributed by atoms with Crippen molar-refractivity contribution in [1.82, 2.24) is 0 Å². The number of allylic oxidation sites excluding steroid dienone is 7. The molecule has 0 amide bonds. The van der Waals surface area contributed by atoms with Gasteiger partial charge in [-0.3, -0.25) is 0 Å². The number of ether oxygens (including phenoxy) is 1. The molecule has 0 saturated carbocycles. The largest absolute Gasteiger partial charge is 0.463 e. The highest BCUT2D eigenvalue weighted by Gasteiger charge is 2.26. The van der Waals surface area contributed by atoms with Crippen LogP contribution in [-0.2, 0) is 9.53 Å². The van der Waals surface area contributed by atoms with Crippen LogP contribution in [0.3, 0.4) is 0 Å². The smallest absolute Gasteiger partial charge is 0.330 e. The third-order valence-electron chi connectivity index (χ3n) is 3.93. The zero-order valence-electron chi connectivity index (χ0n) is 14.0. The minimum Gasteiger partial charge on any atom is -0.463 e. The van der Waals surface area contributed by atoms with Gasteiger partial charge in [0, 0.05) is 6.08 Å². The van der Waals surface area contributed by atoms with Crippen LogP contribution in [0.15, 0.2) is 47.1 Å². The van der Waals surface area contributed by atoms with E-state index in [2.05, 4.69) is 32.9 Å². The third-order valence-corrected chi connectivity index (χ3v) is 3.93. The molecular formula is C19H28O2. The summed E-state index contributed by atoms with van der Waals surface area (Å²) in [5, 5.41) is 0. The fourth-order valence-electron chi connectivity index (χ4n) is 2.75. The Kier molecular flexibility index (Phi) is 6.67. The Morgan fingerprint density at radius 3 is 2.67 bits per heavy atom. The van der Waals surface area contributed by atoms with Gasteiger partial charge in [-0.25, -0.2) is 4.79 Å². The molecule has 0 heterocycles. The molecule has 21 heavy (non-hydrogen) atoms. The molecule has 0 aromatic rings. The highest BCUT2D eigenvalue weighted by molar-refractivity contribution is 5.82. The minimum absolute atomic E-state index is 0.264. The molecular weight excluding hydrogens is 260 g/mol. The van der Waals surface area contributed by atoms with Crippen molar-refractivity contribution >= 4 is 5.97 Å². The van der Waals surface area contributed by atoms with Crippen molar-refractivity contribution in [2.75, 3.05) is 6.61 Å². The zero-order valence-corrected chi connectivity index (χ0v) is 14.0. The molecule has 0 saturated heterocycles. The van der Waals surface area contributed by atoms with E-state index in [1.807, 2.05) is 13.0 Å². The summed E-state index contributed by atoms with van der Waals surface area (Å²) in [6.07, 6.45) is 13.2. The molecule has 0 spiro atoms. The molecule has 0 aromatic heterocycles. The first-order chi connectivity index (χ1) is 9.86. The van der Waals surface area contributed by atoms with Crippen LogP contribution in [0.5, 0.6) is 0 Å². The zero-order chi connectivity index (χ0) is 15.9. The average Bonchev–Trinajstić information content (AvgIpc) is 2.37. The van der Waals surface area contributed by atoms with Crippen molar-refractivity contribution in [2.24, 2.45) is 5.41 Å². The third kappa shape index (κ3) is 5.74. The van der Waals surface area contributed by atoms with E-state index in [9.17, 15) is 4.79 Å². The first-order valence-electron chi connectivity index (χ1n) is 7.77. The van der Waals surface area contributed by atoms with E-state index in [0.717, 1.165) is 5.57 Å². The quantitative estimate of drug-likeness (QED) is 0.398. The molecule has 0 bridgehead atoms. The van der Waals surface area contributed by atoms with Gasteiger partial charge in [-0.05, 0) is 51.0 Å². The lowest BCUT2D eigenvalue weighted by Crippen LogP contribution is -2.19. The van der Waals surface area contributed by atoms with Crippen molar-refractivity contribution in [3.63, 3.8) is 0 Å². The number of esters is 1. The van der Waals surface area contributed by atoms with Gasteiger partial charge in [0.1, 0.15) is 0 Å². The molecule has 1 aliphatic carbocycles. The number of carbonyl (C=O) groups excluding carboxylic acids is 1. The fraction of sp³-hybridized carbons (Fsp3) is 0.526. The molecule has 1 rings (SSSR count). The predicted molar refractivity (Wildman–Crippen MR) is 89.0 cm³/mol. The van der Waals surface area contributed by atoms with Gasteiger partial charge in [-0.2, -0.15) is 0 Å². The number of carbonyl (C=O) groups is 1. The number of hydrogen-bond donors (Lipinski definition) is 0. The van der Waals surface area contributed by atoms with Crippen LogP contribution in [0.2, 0.25) is 0 Å². The monoisotopic (exact) mass is 288 g/mol. The Hall–Kier alpha value is -1.57. The van der Waals surface area contributed by atoms with Crippen LogP contribution in [0, 0.1) is 5.41 Å². The molecule has 2 nitrogen and oxygen atoms in total. The van der Waals surface area contributed by atoms with Crippen LogP contribution in [0.4, 0.5) is 0 Å². The van der Waals surface area contributed by atoms with Gasteiger partial charge in [-0.15, -0.1) is 0 Å². The van der Waals surface area contributed by atoms with Crippen LogP contribution in [0.25, 0.3) is 0 Å². The van der Waals surface area contributed by atoms with Gasteiger partial charge in [-0.1, -0.05) is 49.3 Å². The van der Waals surface area contributed by atoms with E-state index < -0.39 is 0 Å². The molecule has 0 atom stereocenters. The Bertz CT molecular complexity index is 488. The first-order valence-corrected chi connectivity index (χ1v) is 7.77. The maximum atomic E-state index is 11.2. The number of hydrogen-bond acceptors (Lipinski definition) is 2. The second-order valence-electron chi connectivity index (χ2n) is 6.29. The lowest BCUT2D eigenvalue weighted by atomic mass is 9.72. The van der Waals surface area contributed by atoms with E-state index in [4.69, 9.17) is 4.74 Å². The van der Waals surface area contributed by atoms with Crippen LogP contribution >= 0.6 is 0 Å². The maximum Gasteiger partial charge on any atom is 0.330 e. The maximum absolute atomic E-state index is 11.2. The fourth-order valence-corrected chi connectivity index (χ4v) is 2.75. The van der Waals surface area contributed by atoms with E-state index in [1.54, 1.807) is 13.0 Å². The number of rotatable bonds is 5. The molecule has 116 valence electrons. The molecule has 0 radical (unpaired) electrons. The predicted octanol–water partition coefficient (Wildman–Crippen LogP) is 5.13. The molecule has 0 fully saturated rings. The summed E-state index contributed by atoms with van der Waals surface area (Å²) < 4.78 is 4.84. The molecule has 0 N–H and O–H groups in total. The van der Waals surface area contributed by atoms with Crippen LogP contribution in [-0.4, -0.2) is 12.6 Å². The van der Waals surface area contributed by atoms with E-state index >= 15 is 0 Å². The van der Waals surface area contributed by atoms with Crippen molar-refractivity contribution in [3.05, 3.63) is 47.1 Å². The van der Waals surface area contributed by atoms with Crippen molar-refractivity contribution in [2.45, 2.75) is 53.9 Å². The van der Waals surface area contributed by atoms with Gasteiger partial charge in [0.25, 0.3) is 0 Å². The van der Waals surface area contributed by atoms with Gasteiger partial charge in [0.15, 0.2) is 0 Å². The molecule has 0 aliphatic heterocycles. The van der Waals surface area contributed by atoms with Gasteiger partial charge < -0.3 is 4.74 Å². The van der Waals surface area contributed by atoms with Gasteiger partial charge in [0.05, 0.1) is 6.61 Å². The highest BCUT2D eigenvalue weighted by Crippen LogP contribution is 2.40. The Labute approximate surface area is 129 Å². The van der Waals surface area contributed by atoms with Crippen LogP contribution < -0.4 is 0 Å². The Morgan fingerprint density at radius 1 is 1.33 bits per heavy atom. The van der Waals surface area contributed by atoms with E-state index in [0.29, 0.717) is 6.61 Å². The Balaban J connectivity index is 2.73. The summed E-state index contributed by atoms with van der Waals surface area (Å²) in [6, 6.07) is 0. The molecule has 0 aromatic carbocycles. The first kappa shape index (κ1) is 17.5. The lowest BCUT2D eigenvalue weighted by molar-refractivity contribution is -0.137. The summed E-state index contributed by atoms with van der Waals surface area (Å²) in [6.45, 7) is 11.1. The Morgan fingerprint density at radius 2 is 2.05 bits per heavy atom. The van der Waals surface area contributed by atoms with E-state index in [-0.39, 0.29) is 11.4 Å². The summed E-state index contributed by atoms with van der Waals surface area (Å²) in [5.74, 6) is -0.294. The van der Waals surface area contributed by atoms with Crippen molar-refractivity contribution in [1.29, 1.82) is 0 Å². The second kappa shape index (κ2) is 8.02. The topological polar surface area (TPSA) is 26.3 Å². The molecule has 0 unspecified atom stereocenters. The highest BCUT2D eigenvalue weighted by atomic mass is 16.5. The van der Waals surface area contributed by atoms with Crippen LogP contribution in [0.1, 0.15) is 53.9 Å². The molecule has 2 heteroatoms. The van der Waals surface area contributed by atoms with Gasteiger partial charge in [0.2, 0.25) is 0 Å². The van der Waals surface area contributed by atoms with Crippen molar-refractivity contribution < 1.29 is 9.53 Å². The van der Waals surface area contributed by atoms with Crippen molar-refractivity contribution in [3.8, 4) is 0 Å². The summed E-state index contributed by atoms with van der Waals surface area (Å²) in [4.78, 5) is 11.2. The summed E-state index contributed by atoms with van der Waals surface area (Å²) in [7, 11) is 0.